The monoisotopic (exact) mass is 495 g/mol. The molecule has 8 heteroatoms. The Hall–Kier alpha value is -2.09. The Morgan fingerprint density at radius 3 is 2.40 bits per heavy atom. The zero-order valence-corrected chi connectivity index (χ0v) is 19.7. The standard InChI is InChI=1S/C22H27BrClN3O3/c1-4-27(5-2)13-12-25-22(29)16-6-9-18(10-7-16)26-21(28)15(3)30-20-11-8-17(24)14-19(20)23/h6-11,14-15H,4-5,12-13H2,1-3H3,(H,25,29)(H,26,28). The number of hydrogen-bond donors (Lipinski definition) is 2. The van der Waals surface area contributed by atoms with E-state index in [1.165, 1.54) is 0 Å². The highest BCUT2D eigenvalue weighted by Gasteiger charge is 2.16. The van der Waals surface area contributed by atoms with Crippen molar-refractivity contribution in [3.63, 3.8) is 0 Å². The van der Waals surface area contributed by atoms with Crippen LogP contribution in [0, 0.1) is 0 Å². The van der Waals surface area contributed by atoms with Gasteiger partial charge in [0, 0.05) is 29.4 Å². The van der Waals surface area contributed by atoms with E-state index >= 15 is 0 Å². The predicted molar refractivity (Wildman–Crippen MR) is 124 cm³/mol. The SMILES string of the molecule is CCN(CC)CCNC(=O)c1ccc(NC(=O)C(C)Oc2ccc(Cl)cc2Br)cc1. The summed E-state index contributed by atoms with van der Waals surface area (Å²) in [6, 6.07) is 11.9. The van der Waals surface area contributed by atoms with Crippen molar-refractivity contribution in [1.29, 1.82) is 0 Å². The summed E-state index contributed by atoms with van der Waals surface area (Å²) in [7, 11) is 0. The van der Waals surface area contributed by atoms with E-state index in [2.05, 4.69) is 45.3 Å². The summed E-state index contributed by atoms with van der Waals surface area (Å²) in [4.78, 5) is 26.9. The van der Waals surface area contributed by atoms with Gasteiger partial charge in [0.1, 0.15) is 5.75 Å². The summed E-state index contributed by atoms with van der Waals surface area (Å²) in [5.74, 6) is 0.0939. The fourth-order valence-electron chi connectivity index (χ4n) is 2.73. The minimum atomic E-state index is -0.717. The van der Waals surface area contributed by atoms with Crippen LogP contribution in [0.15, 0.2) is 46.9 Å². The lowest BCUT2D eigenvalue weighted by atomic mass is 10.2. The van der Waals surface area contributed by atoms with Crippen molar-refractivity contribution < 1.29 is 14.3 Å². The van der Waals surface area contributed by atoms with Gasteiger partial charge in [-0.25, -0.2) is 0 Å². The van der Waals surface area contributed by atoms with E-state index in [-0.39, 0.29) is 11.8 Å². The molecule has 30 heavy (non-hydrogen) atoms. The number of carbonyl (C=O) groups excluding carboxylic acids is 2. The topological polar surface area (TPSA) is 70.7 Å². The second kappa shape index (κ2) is 11.9. The summed E-state index contributed by atoms with van der Waals surface area (Å²) in [5.41, 5.74) is 1.13. The molecule has 6 nitrogen and oxygen atoms in total. The molecule has 0 radical (unpaired) electrons. The number of nitrogens with one attached hydrogen (secondary N) is 2. The van der Waals surface area contributed by atoms with Crippen molar-refractivity contribution in [2.24, 2.45) is 0 Å². The first-order valence-electron chi connectivity index (χ1n) is 9.87. The molecule has 0 aromatic heterocycles. The summed E-state index contributed by atoms with van der Waals surface area (Å²) < 4.78 is 6.36. The number of anilines is 1. The van der Waals surface area contributed by atoms with E-state index < -0.39 is 6.10 Å². The van der Waals surface area contributed by atoms with Gasteiger partial charge < -0.3 is 20.3 Å². The number of amides is 2. The van der Waals surface area contributed by atoms with Crippen LogP contribution >= 0.6 is 27.5 Å². The number of nitrogens with zero attached hydrogens (tertiary/aromatic N) is 1. The molecule has 1 unspecified atom stereocenters. The van der Waals surface area contributed by atoms with E-state index in [1.807, 2.05) is 0 Å². The van der Waals surface area contributed by atoms with Crippen molar-refractivity contribution in [2.45, 2.75) is 26.9 Å². The summed E-state index contributed by atoms with van der Waals surface area (Å²) in [6.07, 6.45) is -0.717. The number of halogens is 2. The molecule has 2 rings (SSSR count). The number of ether oxygens (including phenoxy) is 1. The van der Waals surface area contributed by atoms with E-state index in [0.29, 0.717) is 33.0 Å². The Morgan fingerprint density at radius 2 is 1.80 bits per heavy atom. The Balaban J connectivity index is 1.86. The first-order valence-corrected chi connectivity index (χ1v) is 11.0. The van der Waals surface area contributed by atoms with Gasteiger partial charge in [-0.15, -0.1) is 0 Å². The van der Waals surface area contributed by atoms with Crippen molar-refractivity contribution in [2.75, 3.05) is 31.5 Å². The van der Waals surface area contributed by atoms with Crippen molar-refractivity contribution in [1.82, 2.24) is 10.2 Å². The minimum absolute atomic E-state index is 0.135. The molecule has 0 fully saturated rings. The minimum Gasteiger partial charge on any atom is -0.480 e. The van der Waals surface area contributed by atoms with E-state index in [9.17, 15) is 9.59 Å². The molecule has 0 aliphatic rings. The third-order valence-electron chi connectivity index (χ3n) is 4.59. The molecule has 2 N–H and O–H groups in total. The van der Waals surface area contributed by atoms with Gasteiger partial charge in [-0.1, -0.05) is 25.4 Å². The lowest BCUT2D eigenvalue weighted by Gasteiger charge is -2.18. The van der Waals surface area contributed by atoms with Crippen LogP contribution in [0.25, 0.3) is 0 Å². The van der Waals surface area contributed by atoms with Crippen LogP contribution in [0.2, 0.25) is 5.02 Å². The highest BCUT2D eigenvalue weighted by Crippen LogP contribution is 2.28. The van der Waals surface area contributed by atoms with Crippen molar-refractivity contribution in [3.05, 3.63) is 57.5 Å². The molecule has 1 atom stereocenters. The smallest absolute Gasteiger partial charge is 0.265 e. The van der Waals surface area contributed by atoms with E-state index in [4.69, 9.17) is 16.3 Å². The maximum absolute atomic E-state index is 12.4. The van der Waals surface area contributed by atoms with Crippen LogP contribution in [-0.2, 0) is 4.79 Å². The number of rotatable bonds is 10. The molecule has 0 aliphatic carbocycles. The molecule has 0 saturated carbocycles. The normalized spacial score (nSPS) is 11.8. The molecule has 0 bridgehead atoms. The number of carbonyl (C=O) groups is 2. The molecule has 2 amide bonds. The fraction of sp³-hybridized carbons (Fsp3) is 0.364. The van der Waals surface area contributed by atoms with Crippen LogP contribution < -0.4 is 15.4 Å². The summed E-state index contributed by atoms with van der Waals surface area (Å²) >= 11 is 9.28. The van der Waals surface area contributed by atoms with Gasteiger partial charge in [0.05, 0.1) is 4.47 Å². The molecular formula is C22H27BrClN3O3. The quantitative estimate of drug-likeness (QED) is 0.505. The molecular weight excluding hydrogens is 470 g/mol. The van der Waals surface area contributed by atoms with E-state index in [1.54, 1.807) is 49.4 Å². The Morgan fingerprint density at radius 1 is 1.13 bits per heavy atom. The van der Waals surface area contributed by atoms with Gasteiger partial charge in [0.25, 0.3) is 11.8 Å². The molecule has 0 aliphatic heterocycles. The van der Waals surface area contributed by atoms with Gasteiger partial charge in [-0.3, -0.25) is 9.59 Å². The Labute approximate surface area is 191 Å². The number of likely N-dealkylation sites (N-methyl/N-ethyl adjacent to an activating group) is 1. The summed E-state index contributed by atoms with van der Waals surface area (Å²) in [6.45, 7) is 9.17. The lowest BCUT2D eigenvalue weighted by Crippen LogP contribution is -2.34. The largest absolute Gasteiger partial charge is 0.480 e. The average molecular weight is 497 g/mol. The van der Waals surface area contributed by atoms with Crippen LogP contribution in [0.3, 0.4) is 0 Å². The third kappa shape index (κ3) is 7.31. The molecule has 0 heterocycles. The molecule has 2 aromatic rings. The van der Waals surface area contributed by atoms with Crippen LogP contribution in [-0.4, -0.2) is 49.0 Å². The third-order valence-corrected chi connectivity index (χ3v) is 5.44. The second-order valence-electron chi connectivity index (χ2n) is 6.68. The van der Waals surface area contributed by atoms with Crippen LogP contribution in [0.5, 0.6) is 5.75 Å². The maximum Gasteiger partial charge on any atom is 0.265 e. The van der Waals surface area contributed by atoms with Crippen LogP contribution in [0.4, 0.5) is 5.69 Å². The maximum atomic E-state index is 12.4. The number of hydrogen-bond acceptors (Lipinski definition) is 4. The zero-order valence-electron chi connectivity index (χ0n) is 17.4. The average Bonchev–Trinajstić information content (AvgIpc) is 2.73. The Kier molecular flexibility index (Phi) is 9.62. The summed E-state index contributed by atoms with van der Waals surface area (Å²) in [5, 5.41) is 6.27. The zero-order chi connectivity index (χ0) is 22.1. The predicted octanol–water partition coefficient (Wildman–Crippen LogP) is 4.58. The first-order chi connectivity index (χ1) is 14.3. The lowest BCUT2D eigenvalue weighted by molar-refractivity contribution is -0.122. The van der Waals surface area contributed by atoms with Gasteiger partial charge in [-0.05, 0) is 78.4 Å². The fourth-order valence-corrected chi connectivity index (χ4v) is 3.51. The van der Waals surface area contributed by atoms with Gasteiger partial charge in [0.2, 0.25) is 0 Å². The van der Waals surface area contributed by atoms with Gasteiger partial charge in [0.15, 0.2) is 6.10 Å². The highest BCUT2D eigenvalue weighted by molar-refractivity contribution is 9.10. The second-order valence-corrected chi connectivity index (χ2v) is 7.97. The molecule has 162 valence electrons. The van der Waals surface area contributed by atoms with Gasteiger partial charge in [-0.2, -0.15) is 0 Å². The Bertz CT molecular complexity index is 857. The molecule has 0 saturated heterocycles. The van der Waals surface area contributed by atoms with Crippen LogP contribution in [0.1, 0.15) is 31.1 Å². The molecule has 2 aromatic carbocycles. The molecule has 0 spiro atoms. The van der Waals surface area contributed by atoms with E-state index in [0.717, 1.165) is 19.6 Å². The van der Waals surface area contributed by atoms with Crippen molar-refractivity contribution >= 4 is 45.0 Å². The van der Waals surface area contributed by atoms with Gasteiger partial charge >= 0.3 is 0 Å². The van der Waals surface area contributed by atoms with Crippen molar-refractivity contribution in [3.8, 4) is 5.75 Å². The first kappa shape index (κ1) is 24.2. The highest BCUT2D eigenvalue weighted by atomic mass is 79.9. The number of benzene rings is 2.